The molecule has 2 nitrogen and oxygen atoms in total. The summed E-state index contributed by atoms with van der Waals surface area (Å²) in [6.45, 7) is 11.9. The van der Waals surface area contributed by atoms with Gasteiger partial charge in [-0.25, -0.2) is 0 Å². The molecule has 0 radical (unpaired) electrons. The van der Waals surface area contributed by atoms with Crippen LogP contribution in [0.5, 0.6) is 0 Å². The minimum absolute atomic E-state index is 0.0755. The van der Waals surface area contributed by atoms with Crippen LogP contribution in [0.2, 0.25) is 0 Å². The van der Waals surface area contributed by atoms with E-state index in [2.05, 4.69) is 34.6 Å². The first-order chi connectivity index (χ1) is 11.1. The molecule has 4 aliphatic rings. The summed E-state index contributed by atoms with van der Waals surface area (Å²) in [4.78, 5) is 11.9. The molecule has 0 spiro atoms. The average molecular weight is 331 g/mol. The molecule has 4 aliphatic carbocycles. The smallest absolute Gasteiger partial charge is 0.155 e. The van der Waals surface area contributed by atoms with Crippen LogP contribution in [0, 0.1) is 39.9 Å². The fourth-order valence-corrected chi connectivity index (χ4v) is 7.79. The van der Waals surface area contributed by atoms with Gasteiger partial charge in [-0.3, -0.25) is 4.79 Å². The SMILES string of the molecule is CC1[C@H](O)[C@@]2(C)CC[C@H]3[C@@H](CCC4=CC(=O)CC[C@@]43C)[C@@H]2C1(C)C. The van der Waals surface area contributed by atoms with E-state index in [4.69, 9.17) is 0 Å². The van der Waals surface area contributed by atoms with Crippen molar-refractivity contribution in [1.29, 1.82) is 0 Å². The topological polar surface area (TPSA) is 37.3 Å². The van der Waals surface area contributed by atoms with Gasteiger partial charge in [0.25, 0.3) is 0 Å². The highest BCUT2D eigenvalue weighted by Crippen LogP contribution is 2.70. The van der Waals surface area contributed by atoms with Crippen molar-refractivity contribution in [3.63, 3.8) is 0 Å². The fourth-order valence-electron chi connectivity index (χ4n) is 7.79. The van der Waals surface area contributed by atoms with Crippen LogP contribution in [-0.4, -0.2) is 17.0 Å². The third-order valence-corrected chi connectivity index (χ3v) is 9.30. The van der Waals surface area contributed by atoms with Crippen molar-refractivity contribution in [3.05, 3.63) is 11.6 Å². The summed E-state index contributed by atoms with van der Waals surface area (Å²) in [6, 6.07) is 0. The monoisotopic (exact) mass is 330 g/mol. The van der Waals surface area contributed by atoms with E-state index >= 15 is 0 Å². The number of allylic oxidation sites excluding steroid dienone is 1. The molecule has 0 bridgehead atoms. The summed E-state index contributed by atoms with van der Waals surface area (Å²) in [5, 5.41) is 11.1. The van der Waals surface area contributed by atoms with Gasteiger partial charge in [-0.15, -0.1) is 0 Å². The third kappa shape index (κ3) is 1.90. The number of hydrogen-bond donors (Lipinski definition) is 1. The summed E-state index contributed by atoms with van der Waals surface area (Å²) in [5.41, 5.74) is 1.93. The lowest BCUT2D eigenvalue weighted by atomic mass is 9.45. The summed E-state index contributed by atoms with van der Waals surface area (Å²) in [6.07, 6.45) is 8.26. The van der Waals surface area contributed by atoms with Crippen LogP contribution in [-0.2, 0) is 4.79 Å². The molecule has 0 aromatic rings. The molecule has 24 heavy (non-hydrogen) atoms. The minimum Gasteiger partial charge on any atom is -0.392 e. The number of rotatable bonds is 0. The summed E-state index contributed by atoms with van der Waals surface area (Å²) >= 11 is 0. The minimum atomic E-state index is -0.170. The van der Waals surface area contributed by atoms with Gasteiger partial charge in [0, 0.05) is 6.42 Å². The predicted molar refractivity (Wildman–Crippen MR) is 96.4 cm³/mol. The highest BCUT2D eigenvalue weighted by atomic mass is 16.3. The molecule has 1 N–H and O–H groups in total. The van der Waals surface area contributed by atoms with Crippen molar-refractivity contribution in [1.82, 2.24) is 0 Å². The Bertz CT molecular complexity index is 603. The van der Waals surface area contributed by atoms with Gasteiger partial charge in [0.1, 0.15) is 0 Å². The maximum Gasteiger partial charge on any atom is 0.155 e. The van der Waals surface area contributed by atoms with Crippen molar-refractivity contribution >= 4 is 5.78 Å². The predicted octanol–water partition coefficient (Wildman–Crippen LogP) is 4.76. The van der Waals surface area contributed by atoms with Crippen molar-refractivity contribution in [2.75, 3.05) is 0 Å². The molecule has 3 saturated carbocycles. The molecule has 0 amide bonds. The highest BCUT2D eigenvalue weighted by molar-refractivity contribution is 5.91. The Balaban J connectivity index is 1.76. The van der Waals surface area contributed by atoms with Crippen molar-refractivity contribution < 1.29 is 9.90 Å². The molecule has 7 atom stereocenters. The lowest BCUT2D eigenvalue weighted by Gasteiger charge is -2.59. The van der Waals surface area contributed by atoms with Crippen LogP contribution in [0.3, 0.4) is 0 Å². The average Bonchev–Trinajstić information content (AvgIpc) is 2.66. The third-order valence-electron chi connectivity index (χ3n) is 9.30. The normalized spacial score (nSPS) is 53.0. The molecule has 0 saturated heterocycles. The standard InChI is InChI=1S/C22H34O2/c1-13-19(24)22(5)11-9-17-16(18(22)20(13,2)3)7-6-14-12-15(23)8-10-21(14,17)4/h12-13,16-19,24H,6-11H2,1-5H3/t13?,16-,17+,18-,19+,21+,22+/m1/s1. The van der Waals surface area contributed by atoms with Crippen LogP contribution in [0.4, 0.5) is 0 Å². The molecule has 3 fully saturated rings. The number of hydrogen-bond acceptors (Lipinski definition) is 2. The van der Waals surface area contributed by atoms with Gasteiger partial charge in [0.2, 0.25) is 0 Å². The first kappa shape index (κ1) is 16.8. The lowest BCUT2D eigenvalue weighted by molar-refractivity contribution is -0.119. The van der Waals surface area contributed by atoms with Crippen LogP contribution < -0.4 is 0 Å². The number of fused-ring (bicyclic) bond motifs is 5. The summed E-state index contributed by atoms with van der Waals surface area (Å²) in [5.74, 6) is 2.70. The molecule has 0 heterocycles. The van der Waals surface area contributed by atoms with Gasteiger partial charge in [0.05, 0.1) is 6.10 Å². The summed E-state index contributed by atoms with van der Waals surface area (Å²) in [7, 11) is 0. The zero-order chi connectivity index (χ0) is 17.5. The number of ketones is 1. The van der Waals surface area contributed by atoms with E-state index in [1.54, 1.807) is 0 Å². The Morgan fingerprint density at radius 2 is 1.79 bits per heavy atom. The van der Waals surface area contributed by atoms with Crippen LogP contribution in [0.1, 0.15) is 73.1 Å². The van der Waals surface area contributed by atoms with Gasteiger partial charge < -0.3 is 5.11 Å². The Kier molecular flexibility index (Phi) is 3.48. The molecule has 134 valence electrons. The maximum atomic E-state index is 11.9. The Hall–Kier alpha value is -0.630. The van der Waals surface area contributed by atoms with E-state index in [0.717, 1.165) is 25.7 Å². The number of aliphatic hydroxyl groups is 1. The molecule has 0 aliphatic heterocycles. The molecule has 2 heteroatoms. The van der Waals surface area contributed by atoms with Gasteiger partial charge in [-0.05, 0) is 78.1 Å². The Labute approximate surface area is 147 Å². The van der Waals surface area contributed by atoms with Gasteiger partial charge >= 0.3 is 0 Å². The van der Waals surface area contributed by atoms with E-state index in [1.807, 2.05) is 6.08 Å². The molecular weight excluding hydrogens is 296 g/mol. The Morgan fingerprint density at radius 3 is 2.50 bits per heavy atom. The fraction of sp³-hybridized carbons (Fsp3) is 0.864. The molecule has 4 rings (SSSR count). The zero-order valence-electron chi connectivity index (χ0n) is 16.1. The largest absolute Gasteiger partial charge is 0.392 e. The highest BCUT2D eigenvalue weighted by Gasteiger charge is 2.66. The van der Waals surface area contributed by atoms with Crippen molar-refractivity contribution in [2.24, 2.45) is 39.9 Å². The molecular formula is C22H34O2. The maximum absolute atomic E-state index is 11.9. The van der Waals surface area contributed by atoms with Crippen LogP contribution >= 0.6 is 0 Å². The zero-order valence-corrected chi connectivity index (χ0v) is 16.1. The molecule has 1 unspecified atom stereocenters. The summed E-state index contributed by atoms with van der Waals surface area (Å²) < 4.78 is 0. The van der Waals surface area contributed by atoms with Gasteiger partial charge in [0.15, 0.2) is 5.78 Å². The van der Waals surface area contributed by atoms with E-state index in [-0.39, 0.29) is 22.3 Å². The quantitative estimate of drug-likeness (QED) is 0.695. The van der Waals surface area contributed by atoms with E-state index in [0.29, 0.717) is 29.5 Å². The van der Waals surface area contributed by atoms with Gasteiger partial charge in [-0.1, -0.05) is 40.2 Å². The van der Waals surface area contributed by atoms with E-state index in [1.165, 1.54) is 18.4 Å². The van der Waals surface area contributed by atoms with E-state index < -0.39 is 0 Å². The lowest BCUT2D eigenvalue weighted by Crippen LogP contribution is -2.53. The van der Waals surface area contributed by atoms with Crippen LogP contribution in [0.25, 0.3) is 0 Å². The second-order valence-corrected chi connectivity index (χ2v) is 10.4. The van der Waals surface area contributed by atoms with E-state index in [9.17, 15) is 9.90 Å². The first-order valence-electron chi connectivity index (χ1n) is 10.0. The first-order valence-corrected chi connectivity index (χ1v) is 10.0. The number of carbonyl (C=O) groups excluding carboxylic acids is 1. The van der Waals surface area contributed by atoms with Crippen LogP contribution in [0.15, 0.2) is 11.6 Å². The second kappa shape index (κ2) is 4.96. The van der Waals surface area contributed by atoms with Crippen molar-refractivity contribution in [2.45, 2.75) is 79.2 Å². The number of aliphatic hydroxyl groups excluding tert-OH is 1. The number of carbonyl (C=O) groups is 1. The van der Waals surface area contributed by atoms with Crippen molar-refractivity contribution in [3.8, 4) is 0 Å². The van der Waals surface area contributed by atoms with Gasteiger partial charge in [-0.2, -0.15) is 0 Å². The second-order valence-electron chi connectivity index (χ2n) is 10.4. The Morgan fingerprint density at radius 1 is 1.08 bits per heavy atom. The molecule has 0 aromatic heterocycles. The molecule has 0 aromatic carbocycles.